The van der Waals surface area contributed by atoms with Crippen molar-refractivity contribution in [3.05, 3.63) is 77.5 Å². The Kier molecular flexibility index (Phi) is 17.3. The molecule has 0 atom stereocenters. The molecule has 0 saturated heterocycles. The van der Waals surface area contributed by atoms with Crippen molar-refractivity contribution in [3.63, 3.8) is 0 Å². The van der Waals surface area contributed by atoms with Gasteiger partial charge in [-0.2, -0.15) is 0 Å². The van der Waals surface area contributed by atoms with Crippen LogP contribution in [-0.2, 0) is 77.0 Å². The Morgan fingerprint density at radius 3 is 0.667 bits per heavy atom. The van der Waals surface area contributed by atoms with Gasteiger partial charge in [0.05, 0.1) is 43.1 Å². The smallest absolute Gasteiger partial charge is 0.0785 e. The Hall–Kier alpha value is -2.22. The molecule has 0 amide bonds. The third-order valence-corrected chi connectivity index (χ3v) is 20.7. The zero-order chi connectivity index (χ0) is 43.1. The summed E-state index contributed by atoms with van der Waals surface area (Å²) in [5.41, 5.74) is 20.6. The number of rotatable bonds is 5. The highest BCUT2D eigenvalue weighted by Gasteiger charge is 2.36. The molecular formula is C48H56F6S6. The molecule has 6 aliphatic rings. The van der Waals surface area contributed by atoms with E-state index in [1.807, 2.05) is 0 Å². The first-order valence-electron chi connectivity index (χ1n) is 20.9. The fraction of sp³-hybridized carbons (Fsp3) is 0.500. The minimum absolute atomic E-state index is 0.500. The zero-order valence-corrected chi connectivity index (χ0v) is 40.5. The Labute approximate surface area is 376 Å². The fourth-order valence-corrected chi connectivity index (χ4v) is 19.3. The van der Waals surface area contributed by atoms with Crippen LogP contribution >= 0.6 is 68.0 Å². The Morgan fingerprint density at radius 2 is 0.433 bits per heavy atom. The minimum Gasteiger partial charge on any atom is -0.255 e. The highest BCUT2D eigenvalue weighted by atomic mass is 32.1. The van der Waals surface area contributed by atoms with Crippen molar-refractivity contribution in [2.24, 2.45) is 0 Å². The number of aryl methyl sites for hydroxylation is 2. The van der Waals surface area contributed by atoms with E-state index >= 15 is 0 Å². The molecule has 0 nitrogen and oxygen atoms in total. The molecule has 0 saturated carbocycles. The molecule has 0 unspecified atom stereocenters. The molecule has 0 aromatic carbocycles. The molecule has 0 N–H and O–H groups in total. The van der Waals surface area contributed by atoms with Gasteiger partial charge in [0.15, 0.2) is 0 Å². The van der Waals surface area contributed by atoms with Crippen LogP contribution in [0.25, 0.3) is 48.8 Å². The summed E-state index contributed by atoms with van der Waals surface area (Å²) < 4.78 is 57.0. The fourth-order valence-electron chi connectivity index (χ4n) is 10.4. The maximum Gasteiger partial charge on any atom is 0.0785 e. The lowest BCUT2D eigenvalue weighted by atomic mass is 10.0. The van der Waals surface area contributed by atoms with Crippen molar-refractivity contribution in [2.45, 2.75) is 116 Å². The van der Waals surface area contributed by atoms with E-state index in [2.05, 4.69) is 78.8 Å². The first-order valence-corrected chi connectivity index (χ1v) is 25.9. The van der Waals surface area contributed by atoms with Gasteiger partial charge >= 0.3 is 0 Å². The van der Waals surface area contributed by atoms with E-state index in [0.717, 1.165) is 0 Å². The molecular weight excluding hydrogens is 883 g/mol. The topological polar surface area (TPSA) is 0 Å². The zero-order valence-electron chi connectivity index (χ0n) is 35.6. The van der Waals surface area contributed by atoms with E-state index in [4.69, 9.17) is 0 Å². The monoisotopic (exact) mass is 938 g/mol. The lowest BCUT2D eigenvalue weighted by Gasteiger charge is -2.02. The van der Waals surface area contributed by atoms with Gasteiger partial charge in [-0.25, -0.2) is 0 Å². The van der Waals surface area contributed by atoms with Gasteiger partial charge in [0.2, 0.25) is 0 Å². The average molecular weight is 939 g/mol. The predicted molar refractivity (Wildman–Crippen MR) is 255 cm³/mol. The van der Waals surface area contributed by atoms with E-state index in [1.165, 1.54) is 116 Å². The number of halogens is 6. The summed E-state index contributed by atoms with van der Waals surface area (Å²) in [5, 5.41) is 4.99. The number of hydrogen-bond acceptors (Lipinski definition) is 6. The van der Waals surface area contributed by atoms with Crippen molar-refractivity contribution in [1.82, 2.24) is 0 Å². The summed E-state index contributed by atoms with van der Waals surface area (Å²) in [4.78, 5) is 16.6. The van der Waals surface area contributed by atoms with Crippen LogP contribution in [0.15, 0.2) is 10.8 Å². The van der Waals surface area contributed by atoms with E-state index in [1.54, 1.807) is 116 Å². The summed E-state index contributed by atoms with van der Waals surface area (Å²) in [6.07, 6.45) is 23.5. The molecule has 6 heterocycles. The van der Waals surface area contributed by atoms with Crippen LogP contribution in [0.4, 0.5) is 26.3 Å². The van der Waals surface area contributed by atoms with Crippen LogP contribution < -0.4 is 0 Å². The maximum absolute atomic E-state index is 9.50. The molecule has 6 aromatic rings. The lowest BCUT2D eigenvalue weighted by molar-refractivity contribution is 0.635. The Balaban J connectivity index is 0.000000466. The molecule has 60 heavy (non-hydrogen) atoms. The molecule has 6 aromatic heterocycles. The molecule has 0 bridgehead atoms. The van der Waals surface area contributed by atoms with Gasteiger partial charge in [0, 0.05) is 48.8 Å². The third-order valence-electron chi connectivity index (χ3n) is 12.6. The number of fused-ring (bicyclic) bond motifs is 6. The van der Waals surface area contributed by atoms with E-state index in [-0.39, 0.29) is 0 Å². The normalized spacial score (nSPS) is 15.5. The van der Waals surface area contributed by atoms with Gasteiger partial charge in [-0.1, -0.05) is 0 Å². The highest BCUT2D eigenvalue weighted by Crippen LogP contribution is 2.59. The number of thiophene rings is 6. The van der Waals surface area contributed by atoms with Gasteiger partial charge in [-0.05, 0) is 193 Å². The Bertz CT molecular complexity index is 2180. The van der Waals surface area contributed by atoms with Crippen LogP contribution in [0.1, 0.15) is 105 Å². The van der Waals surface area contributed by atoms with Crippen LogP contribution in [-0.4, -0.2) is 43.1 Å². The second-order valence-electron chi connectivity index (χ2n) is 15.1. The molecule has 0 radical (unpaired) electrons. The average Bonchev–Trinajstić information content (AvgIpc) is 4.14. The van der Waals surface area contributed by atoms with Crippen LogP contribution in [0, 0.1) is 0 Å². The largest absolute Gasteiger partial charge is 0.255 e. The van der Waals surface area contributed by atoms with Gasteiger partial charge in [0.25, 0.3) is 0 Å². The molecule has 12 rings (SSSR count). The first kappa shape index (κ1) is 47.3. The second kappa shape index (κ2) is 21.9. The summed E-state index contributed by atoms with van der Waals surface area (Å²) >= 11 is 12.9. The molecule has 0 spiro atoms. The predicted octanol–water partition coefficient (Wildman–Crippen LogP) is 16.8. The van der Waals surface area contributed by atoms with E-state index in [9.17, 15) is 26.3 Å². The molecule has 12 heteroatoms. The third kappa shape index (κ3) is 8.10. The van der Waals surface area contributed by atoms with E-state index < -0.39 is 0 Å². The van der Waals surface area contributed by atoms with Gasteiger partial charge in [0.1, 0.15) is 0 Å². The number of alkyl halides is 6. The molecule has 326 valence electrons. The second-order valence-corrected chi connectivity index (χ2v) is 21.0. The summed E-state index contributed by atoms with van der Waals surface area (Å²) in [5.74, 6) is 0. The quantitative estimate of drug-likeness (QED) is 0.151. The SMILES string of the molecule is CF.CF.CF.CF.CF.CF.c1sc(-c2sc(-c3sc(-c4sc(-c5sc(-c6scc7c6CCC7)c6c5CCC6)c5c4CCC5)c4c3CCC4)c3c2CCC3)c2c1CCC2. The molecule has 6 aliphatic carbocycles. The van der Waals surface area contributed by atoms with Crippen molar-refractivity contribution in [1.29, 1.82) is 0 Å². The Morgan fingerprint density at radius 1 is 0.250 bits per heavy atom. The van der Waals surface area contributed by atoms with Crippen LogP contribution in [0.2, 0.25) is 0 Å². The van der Waals surface area contributed by atoms with Crippen LogP contribution in [0.5, 0.6) is 0 Å². The lowest BCUT2D eigenvalue weighted by Crippen LogP contribution is -1.84. The molecule has 0 fully saturated rings. The minimum atomic E-state index is 0.500. The number of hydrogen-bond donors (Lipinski definition) is 0. The van der Waals surface area contributed by atoms with Crippen molar-refractivity contribution < 1.29 is 26.3 Å². The van der Waals surface area contributed by atoms with E-state index in [0.29, 0.717) is 43.1 Å². The highest BCUT2D eigenvalue weighted by molar-refractivity contribution is 7.31. The van der Waals surface area contributed by atoms with Gasteiger partial charge in [-0.3, -0.25) is 26.3 Å². The molecule has 0 aliphatic heterocycles. The van der Waals surface area contributed by atoms with Crippen molar-refractivity contribution in [3.8, 4) is 48.8 Å². The summed E-state index contributed by atoms with van der Waals surface area (Å²) in [7, 11) is 3.00. The maximum atomic E-state index is 9.50. The summed E-state index contributed by atoms with van der Waals surface area (Å²) in [6, 6.07) is 0. The van der Waals surface area contributed by atoms with Gasteiger partial charge < -0.3 is 0 Å². The van der Waals surface area contributed by atoms with Gasteiger partial charge in [-0.15, -0.1) is 68.0 Å². The van der Waals surface area contributed by atoms with Crippen LogP contribution in [0.3, 0.4) is 0 Å². The summed E-state index contributed by atoms with van der Waals surface area (Å²) in [6.45, 7) is 0. The first-order chi connectivity index (χ1) is 29.8. The van der Waals surface area contributed by atoms with Crippen molar-refractivity contribution in [2.75, 3.05) is 43.1 Å². The van der Waals surface area contributed by atoms with Crippen molar-refractivity contribution >= 4 is 68.0 Å². The standard InChI is InChI=1S/C42H38S6.6CH3F/c1-7-21-19-43-33(23(21)9-1)35-25-11-3-13-27(25)37(45-35)39-29-15-5-17-31(29)41(47-39)42-32-18-6-16-30(32)40(48-42)38-28-14-4-12-26(28)36(46-38)34-24-10-2-8-22(24)20-44-34;6*1-2/h19-20H,1-18H2;6*1H3.